The molecule has 3 atom stereocenters. The lowest BCUT2D eigenvalue weighted by Gasteiger charge is -2.26. The molecule has 0 radical (unpaired) electrons. The summed E-state index contributed by atoms with van der Waals surface area (Å²) in [4.78, 5) is 11.8. The molecule has 1 amide bonds. The third kappa shape index (κ3) is 4.16. The van der Waals surface area contributed by atoms with E-state index in [9.17, 15) is 9.90 Å². The van der Waals surface area contributed by atoms with Gasteiger partial charge in [0.25, 0.3) is 0 Å². The van der Waals surface area contributed by atoms with E-state index in [-0.39, 0.29) is 12.0 Å². The van der Waals surface area contributed by atoms with Crippen LogP contribution in [0, 0.1) is 0 Å². The third-order valence-electron chi connectivity index (χ3n) is 4.38. The number of nitrogens with one attached hydrogen (secondary N) is 2. The second-order valence-corrected chi connectivity index (χ2v) is 5.83. The molecule has 2 aliphatic rings. The fourth-order valence-electron chi connectivity index (χ4n) is 2.82. The van der Waals surface area contributed by atoms with E-state index in [0.717, 1.165) is 13.0 Å². The summed E-state index contributed by atoms with van der Waals surface area (Å²) in [6.45, 7) is 3.79. The van der Waals surface area contributed by atoms with Gasteiger partial charge >= 0.3 is 0 Å². The average Bonchev–Trinajstić information content (AvgIpc) is 2.76. The molecule has 0 saturated carbocycles. The van der Waals surface area contributed by atoms with E-state index in [4.69, 9.17) is 4.74 Å². The number of rotatable bonds is 5. The van der Waals surface area contributed by atoms with Crippen molar-refractivity contribution in [3.8, 4) is 0 Å². The van der Waals surface area contributed by atoms with Crippen LogP contribution in [0.3, 0.4) is 0 Å². The van der Waals surface area contributed by atoms with Gasteiger partial charge in [0.1, 0.15) is 5.60 Å². The van der Waals surface area contributed by atoms with E-state index in [0.29, 0.717) is 32.0 Å². The molecule has 0 spiro atoms. The maximum atomic E-state index is 11.8. The molecule has 2 fully saturated rings. The van der Waals surface area contributed by atoms with Gasteiger partial charge in [-0.3, -0.25) is 4.79 Å². The normalized spacial score (nSPS) is 35.3. The first-order valence-electron chi connectivity index (χ1n) is 7.44. The first kappa shape index (κ1) is 14.8. The summed E-state index contributed by atoms with van der Waals surface area (Å²) in [7, 11) is 0. The molecule has 3 unspecified atom stereocenters. The number of ether oxygens (including phenoxy) is 1. The van der Waals surface area contributed by atoms with Gasteiger partial charge in [-0.2, -0.15) is 0 Å². The molecule has 0 aromatic rings. The Morgan fingerprint density at radius 2 is 2.37 bits per heavy atom. The number of amides is 1. The maximum Gasteiger partial charge on any atom is 0.220 e. The lowest BCUT2D eigenvalue weighted by molar-refractivity contribution is -0.123. The number of carbonyl (C=O) groups is 1. The zero-order valence-corrected chi connectivity index (χ0v) is 11.8. The van der Waals surface area contributed by atoms with Gasteiger partial charge in [0.2, 0.25) is 5.91 Å². The minimum atomic E-state index is -0.890. The lowest BCUT2D eigenvalue weighted by Crippen LogP contribution is -2.47. The monoisotopic (exact) mass is 270 g/mol. The van der Waals surface area contributed by atoms with E-state index < -0.39 is 5.60 Å². The summed E-state index contributed by atoms with van der Waals surface area (Å²) >= 11 is 0. The third-order valence-corrected chi connectivity index (χ3v) is 4.38. The van der Waals surface area contributed by atoms with Crippen LogP contribution in [-0.2, 0) is 9.53 Å². The highest BCUT2D eigenvalue weighted by atomic mass is 16.5. The van der Waals surface area contributed by atoms with E-state index in [1.54, 1.807) is 0 Å². The van der Waals surface area contributed by atoms with Gasteiger partial charge in [-0.05, 0) is 32.7 Å². The average molecular weight is 270 g/mol. The zero-order valence-electron chi connectivity index (χ0n) is 11.8. The molecular weight excluding hydrogens is 244 g/mol. The van der Waals surface area contributed by atoms with Crippen molar-refractivity contribution in [3.63, 3.8) is 0 Å². The summed E-state index contributed by atoms with van der Waals surface area (Å²) < 4.78 is 5.34. The summed E-state index contributed by atoms with van der Waals surface area (Å²) in [5.41, 5.74) is -0.890. The number of piperidine rings is 1. The molecule has 5 heteroatoms. The fraction of sp³-hybridized carbons (Fsp3) is 0.929. The molecule has 0 aliphatic carbocycles. The zero-order chi connectivity index (χ0) is 13.7. The largest absolute Gasteiger partial charge is 0.385 e. The van der Waals surface area contributed by atoms with Crippen LogP contribution in [-0.4, -0.2) is 48.5 Å². The van der Waals surface area contributed by atoms with Crippen molar-refractivity contribution in [2.75, 3.05) is 19.7 Å². The highest BCUT2D eigenvalue weighted by Gasteiger charge is 2.39. The Morgan fingerprint density at radius 3 is 3.00 bits per heavy atom. The van der Waals surface area contributed by atoms with Crippen LogP contribution >= 0.6 is 0 Å². The number of hydrogen-bond acceptors (Lipinski definition) is 4. The molecule has 2 aliphatic heterocycles. The first-order chi connectivity index (χ1) is 9.10. The molecule has 2 rings (SSSR count). The predicted octanol–water partition coefficient (Wildman–Crippen LogP) is 0.565. The van der Waals surface area contributed by atoms with Gasteiger partial charge in [0.05, 0.1) is 6.10 Å². The minimum Gasteiger partial charge on any atom is -0.385 e. The van der Waals surface area contributed by atoms with Gasteiger partial charge in [-0.1, -0.05) is 6.42 Å². The standard InChI is InChI=1S/C14H26N2O3/c1-11-14(18,7-9-19-11)10-16-13(17)6-5-12-4-2-3-8-15-12/h11-12,15,18H,2-10H2,1H3,(H,16,17). The van der Waals surface area contributed by atoms with Crippen LogP contribution in [0.15, 0.2) is 0 Å². The van der Waals surface area contributed by atoms with Crippen LogP contribution < -0.4 is 10.6 Å². The van der Waals surface area contributed by atoms with Crippen molar-refractivity contribution >= 4 is 5.91 Å². The second-order valence-electron chi connectivity index (χ2n) is 5.83. The highest BCUT2D eigenvalue weighted by Crippen LogP contribution is 2.24. The molecule has 3 N–H and O–H groups in total. The molecular formula is C14H26N2O3. The smallest absolute Gasteiger partial charge is 0.220 e. The molecule has 2 heterocycles. The Balaban J connectivity index is 1.64. The summed E-state index contributed by atoms with van der Waals surface area (Å²) in [6, 6.07) is 0.483. The molecule has 5 nitrogen and oxygen atoms in total. The molecule has 19 heavy (non-hydrogen) atoms. The number of carbonyl (C=O) groups excluding carboxylic acids is 1. The van der Waals surface area contributed by atoms with Crippen molar-refractivity contribution in [1.82, 2.24) is 10.6 Å². The first-order valence-corrected chi connectivity index (χ1v) is 7.44. The van der Waals surface area contributed by atoms with Gasteiger partial charge < -0.3 is 20.5 Å². The predicted molar refractivity (Wildman–Crippen MR) is 72.9 cm³/mol. The summed E-state index contributed by atoms with van der Waals surface area (Å²) in [5.74, 6) is 0.0277. The molecule has 0 aromatic carbocycles. The van der Waals surface area contributed by atoms with Crippen molar-refractivity contribution in [2.45, 2.75) is 63.2 Å². The van der Waals surface area contributed by atoms with Crippen molar-refractivity contribution < 1.29 is 14.6 Å². The molecule has 0 aromatic heterocycles. The van der Waals surface area contributed by atoms with Crippen molar-refractivity contribution in [3.05, 3.63) is 0 Å². The van der Waals surface area contributed by atoms with Crippen LogP contribution in [0.4, 0.5) is 0 Å². The van der Waals surface area contributed by atoms with Gasteiger partial charge in [0, 0.05) is 32.0 Å². The van der Waals surface area contributed by atoms with Gasteiger partial charge in [0.15, 0.2) is 0 Å². The summed E-state index contributed by atoms with van der Waals surface area (Å²) in [6.07, 6.45) is 5.48. The number of hydrogen-bond donors (Lipinski definition) is 3. The Morgan fingerprint density at radius 1 is 1.53 bits per heavy atom. The van der Waals surface area contributed by atoms with Crippen molar-refractivity contribution in [2.24, 2.45) is 0 Å². The van der Waals surface area contributed by atoms with Crippen LogP contribution in [0.1, 0.15) is 45.4 Å². The Labute approximate surface area is 115 Å². The quantitative estimate of drug-likeness (QED) is 0.683. The van der Waals surface area contributed by atoms with Crippen molar-refractivity contribution in [1.29, 1.82) is 0 Å². The van der Waals surface area contributed by atoms with E-state index in [1.807, 2.05) is 6.92 Å². The van der Waals surface area contributed by atoms with Crippen LogP contribution in [0.25, 0.3) is 0 Å². The Hall–Kier alpha value is -0.650. The van der Waals surface area contributed by atoms with E-state index in [1.165, 1.54) is 19.3 Å². The summed E-state index contributed by atoms with van der Waals surface area (Å²) in [5, 5.41) is 16.5. The Kier molecular flexibility index (Phi) is 5.19. The highest BCUT2D eigenvalue weighted by molar-refractivity contribution is 5.76. The topological polar surface area (TPSA) is 70.6 Å². The molecule has 2 saturated heterocycles. The SMILES string of the molecule is CC1OCCC1(O)CNC(=O)CCC1CCCCN1. The second kappa shape index (κ2) is 6.68. The molecule has 110 valence electrons. The van der Waals surface area contributed by atoms with Crippen LogP contribution in [0.5, 0.6) is 0 Å². The van der Waals surface area contributed by atoms with Gasteiger partial charge in [-0.25, -0.2) is 0 Å². The van der Waals surface area contributed by atoms with Gasteiger partial charge in [-0.15, -0.1) is 0 Å². The lowest BCUT2D eigenvalue weighted by atomic mass is 9.96. The minimum absolute atomic E-state index is 0.0277. The Bertz CT molecular complexity index is 305. The number of aliphatic hydroxyl groups is 1. The van der Waals surface area contributed by atoms with E-state index in [2.05, 4.69) is 10.6 Å². The van der Waals surface area contributed by atoms with E-state index >= 15 is 0 Å². The van der Waals surface area contributed by atoms with Crippen LogP contribution in [0.2, 0.25) is 0 Å². The molecule has 0 bridgehead atoms. The maximum absolute atomic E-state index is 11.8. The fourth-order valence-corrected chi connectivity index (χ4v) is 2.82.